The minimum atomic E-state index is -0.718. The fourth-order valence-corrected chi connectivity index (χ4v) is 3.55. The van der Waals surface area contributed by atoms with Gasteiger partial charge in [-0.3, -0.25) is 4.57 Å². The zero-order valence-corrected chi connectivity index (χ0v) is 11.8. The highest BCUT2D eigenvalue weighted by atomic mass is 32.2. The number of aliphatic hydroxyl groups is 2. The van der Waals surface area contributed by atoms with Gasteiger partial charge >= 0.3 is 0 Å². The fourth-order valence-electron chi connectivity index (χ4n) is 2.47. The van der Waals surface area contributed by atoms with Gasteiger partial charge in [-0.2, -0.15) is 11.8 Å². The summed E-state index contributed by atoms with van der Waals surface area (Å²) in [7, 11) is 0. The van der Waals surface area contributed by atoms with Crippen molar-refractivity contribution >= 4 is 22.9 Å². The largest absolute Gasteiger partial charge is 0.394 e. The number of thioether (sulfide) groups is 1. The molecule has 2 aromatic heterocycles. The molecule has 0 amide bonds. The van der Waals surface area contributed by atoms with Gasteiger partial charge in [-0.15, -0.1) is 0 Å². The topological polar surface area (TPSA) is 93.3 Å². The van der Waals surface area contributed by atoms with Gasteiger partial charge in [0.2, 0.25) is 0 Å². The summed E-state index contributed by atoms with van der Waals surface area (Å²) in [5.41, 5.74) is 1.26. The summed E-state index contributed by atoms with van der Waals surface area (Å²) < 4.78 is 7.48. The molecular formula is C12H16N4O3S. The Morgan fingerprint density at radius 3 is 3.05 bits per heavy atom. The molecule has 0 aliphatic carbocycles. The molecule has 2 N–H and O–H groups in total. The normalized spacial score (nSPS) is 30.1. The van der Waals surface area contributed by atoms with Crippen LogP contribution in [0.2, 0.25) is 0 Å². The molecule has 1 saturated heterocycles. The average Bonchev–Trinajstić information content (AvgIpc) is 3.02. The highest BCUT2D eigenvalue weighted by Gasteiger charge is 2.44. The van der Waals surface area contributed by atoms with E-state index in [0.717, 1.165) is 5.75 Å². The van der Waals surface area contributed by atoms with Gasteiger partial charge in [-0.05, 0) is 5.75 Å². The van der Waals surface area contributed by atoms with Crippen LogP contribution in [0, 0.1) is 0 Å². The van der Waals surface area contributed by atoms with Crippen LogP contribution in [-0.4, -0.2) is 59.5 Å². The van der Waals surface area contributed by atoms with Gasteiger partial charge < -0.3 is 14.9 Å². The van der Waals surface area contributed by atoms with E-state index in [1.54, 1.807) is 28.9 Å². The predicted molar refractivity (Wildman–Crippen MR) is 74.2 cm³/mol. The number of imidazole rings is 1. The first-order chi connectivity index (χ1) is 9.76. The summed E-state index contributed by atoms with van der Waals surface area (Å²) in [4.78, 5) is 12.3. The monoisotopic (exact) mass is 296 g/mol. The number of hydrogen-bond acceptors (Lipinski definition) is 7. The van der Waals surface area contributed by atoms with E-state index in [-0.39, 0.29) is 18.0 Å². The van der Waals surface area contributed by atoms with Crippen LogP contribution in [0.1, 0.15) is 13.2 Å². The summed E-state index contributed by atoms with van der Waals surface area (Å²) in [6, 6.07) is 0. The highest BCUT2D eigenvalue weighted by Crippen LogP contribution is 2.37. The van der Waals surface area contributed by atoms with Crippen molar-refractivity contribution in [2.24, 2.45) is 0 Å². The maximum Gasteiger partial charge on any atom is 0.165 e. The zero-order chi connectivity index (χ0) is 14.1. The van der Waals surface area contributed by atoms with Gasteiger partial charge in [0.05, 0.1) is 30.5 Å². The molecule has 3 heterocycles. The zero-order valence-electron chi connectivity index (χ0n) is 11.0. The summed E-state index contributed by atoms with van der Waals surface area (Å²) in [6.07, 6.45) is 2.94. The Morgan fingerprint density at radius 1 is 1.45 bits per heavy atom. The van der Waals surface area contributed by atoms with Crippen LogP contribution >= 0.6 is 11.8 Å². The minimum absolute atomic E-state index is 0.118. The number of hydrogen-bond donors (Lipinski definition) is 2. The van der Waals surface area contributed by atoms with Crippen LogP contribution < -0.4 is 0 Å². The summed E-state index contributed by atoms with van der Waals surface area (Å²) in [5, 5.41) is 19.7. The van der Waals surface area contributed by atoms with Crippen LogP contribution in [0.3, 0.4) is 0 Å². The van der Waals surface area contributed by atoms with E-state index in [1.165, 1.54) is 6.33 Å². The summed E-state index contributed by atoms with van der Waals surface area (Å²) in [6.45, 7) is 1.89. The number of fused-ring (bicyclic) bond motifs is 1. The van der Waals surface area contributed by atoms with E-state index in [4.69, 9.17) is 4.74 Å². The Labute approximate surface area is 120 Å². The van der Waals surface area contributed by atoms with Gasteiger partial charge in [0.15, 0.2) is 11.9 Å². The van der Waals surface area contributed by atoms with Crippen molar-refractivity contribution in [2.45, 2.75) is 30.6 Å². The molecule has 8 heteroatoms. The molecule has 0 aromatic carbocycles. The Bertz CT molecular complexity index is 593. The van der Waals surface area contributed by atoms with Crippen molar-refractivity contribution in [3.8, 4) is 0 Å². The summed E-state index contributed by atoms with van der Waals surface area (Å²) >= 11 is 1.58. The highest BCUT2D eigenvalue weighted by molar-refractivity contribution is 8.00. The van der Waals surface area contributed by atoms with Crippen molar-refractivity contribution in [2.75, 3.05) is 12.4 Å². The minimum Gasteiger partial charge on any atom is -0.394 e. The number of ether oxygens (including phenoxy) is 1. The lowest BCUT2D eigenvalue weighted by atomic mass is 10.2. The number of nitrogens with zero attached hydrogens (tertiary/aromatic N) is 4. The maximum atomic E-state index is 10.5. The predicted octanol–water partition coefficient (Wildman–Crippen LogP) is 0.199. The molecule has 0 unspecified atom stereocenters. The van der Waals surface area contributed by atoms with Crippen LogP contribution in [0.25, 0.3) is 11.2 Å². The molecule has 4 atom stereocenters. The third kappa shape index (κ3) is 2.18. The van der Waals surface area contributed by atoms with E-state index < -0.39 is 12.3 Å². The Balaban J connectivity index is 1.94. The molecule has 20 heavy (non-hydrogen) atoms. The van der Waals surface area contributed by atoms with E-state index in [0.29, 0.717) is 11.2 Å². The molecular weight excluding hydrogens is 280 g/mol. The first-order valence-corrected chi connectivity index (χ1v) is 7.49. The molecule has 1 aliphatic rings. The molecule has 1 fully saturated rings. The standard InChI is InChI=1S/C12H16N4O3S/c1-2-20-10-8(4-17)19-12(9(10)18)16-6-15-7-3-13-5-14-11(7)16/h3,5-6,8-10,12,17-18H,2,4H2,1H3/t8-,9+,10-,12-/m0/s1. The smallest absolute Gasteiger partial charge is 0.165 e. The first-order valence-electron chi connectivity index (χ1n) is 6.44. The van der Waals surface area contributed by atoms with Crippen LogP contribution in [0.15, 0.2) is 18.9 Å². The van der Waals surface area contributed by atoms with Crippen LogP contribution in [0.5, 0.6) is 0 Å². The van der Waals surface area contributed by atoms with E-state index in [9.17, 15) is 10.2 Å². The molecule has 0 saturated carbocycles. The molecule has 7 nitrogen and oxygen atoms in total. The Morgan fingerprint density at radius 2 is 2.30 bits per heavy atom. The second-order valence-corrected chi connectivity index (χ2v) is 6.00. The molecule has 0 spiro atoms. The second kappa shape index (κ2) is 5.65. The van der Waals surface area contributed by atoms with Crippen molar-refractivity contribution in [1.82, 2.24) is 19.5 Å². The number of rotatable bonds is 4. The quantitative estimate of drug-likeness (QED) is 0.832. The van der Waals surface area contributed by atoms with Crippen molar-refractivity contribution in [1.29, 1.82) is 0 Å². The van der Waals surface area contributed by atoms with Gasteiger partial charge in [0, 0.05) is 0 Å². The van der Waals surface area contributed by atoms with Gasteiger partial charge in [-0.1, -0.05) is 6.92 Å². The molecule has 3 rings (SSSR count). The molecule has 1 aliphatic heterocycles. The Kier molecular flexibility index (Phi) is 3.88. The SMILES string of the molecule is CCS[C@@H]1[C@@H](O)[C@@H](n2cnc3cncnc32)O[C@H]1CO. The number of aromatic nitrogens is 4. The molecule has 0 bridgehead atoms. The maximum absolute atomic E-state index is 10.5. The second-order valence-electron chi connectivity index (χ2n) is 4.54. The third-order valence-corrected chi connectivity index (χ3v) is 4.66. The van der Waals surface area contributed by atoms with Gasteiger partial charge in [-0.25, -0.2) is 15.0 Å². The van der Waals surface area contributed by atoms with Crippen molar-refractivity contribution in [3.05, 3.63) is 18.9 Å². The fraction of sp³-hybridized carbons (Fsp3) is 0.583. The Hall–Kier alpha value is -1.22. The summed E-state index contributed by atoms with van der Waals surface area (Å²) in [5.74, 6) is 0.848. The molecule has 2 aromatic rings. The molecule has 0 radical (unpaired) electrons. The van der Waals surface area contributed by atoms with Crippen LogP contribution in [-0.2, 0) is 4.74 Å². The first kappa shape index (κ1) is 13.7. The van der Waals surface area contributed by atoms with Crippen molar-refractivity contribution in [3.63, 3.8) is 0 Å². The lowest BCUT2D eigenvalue weighted by Crippen LogP contribution is -2.31. The number of aliphatic hydroxyl groups excluding tert-OH is 2. The van der Waals surface area contributed by atoms with Gasteiger partial charge in [0.25, 0.3) is 0 Å². The average molecular weight is 296 g/mol. The van der Waals surface area contributed by atoms with Crippen LogP contribution in [0.4, 0.5) is 0 Å². The van der Waals surface area contributed by atoms with Gasteiger partial charge in [0.1, 0.15) is 17.9 Å². The third-order valence-electron chi connectivity index (χ3n) is 3.36. The van der Waals surface area contributed by atoms with Crippen molar-refractivity contribution < 1.29 is 14.9 Å². The van der Waals surface area contributed by atoms with E-state index >= 15 is 0 Å². The lowest BCUT2D eigenvalue weighted by molar-refractivity contribution is -0.0486. The lowest BCUT2D eigenvalue weighted by Gasteiger charge is -2.18. The molecule has 108 valence electrons. The van der Waals surface area contributed by atoms with E-state index in [1.807, 2.05) is 6.92 Å². The van der Waals surface area contributed by atoms with E-state index in [2.05, 4.69) is 15.0 Å².